The third-order valence-electron chi connectivity index (χ3n) is 3.13. The minimum Gasteiger partial charge on any atom is -0.481 e. The molecule has 112 valence electrons. The van der Waals surface area contributed by atoms with Gasteiger partial charge in [0.05, 0.1) is 12.5 Å². The first-order valence-electron chi connectivity index (χ1n) is 7.03. The number of hydrogen-bond donors (Lipinski definition) is 1. The highest BCUT2D eigenvalue weighted by Gasteiger charge is 2.18. The predicted molar refractivity (Wildman–Crippen MR) is 74.3 cm³/mol. The molecule has 1 N–H and O–H groups in total. The van der Waals surface area contributed by atoms with Crippen LogP contribution in [0.15, 0.2) is 0 Å². The summed E-state index contributed by atoms with van der Waals surface area (Å²) in [4.78, 5) is 23.9. The van der Waals surface area contributed by atoms with Gasteiger partial charge in [-0.15, -0.1) is 0 Å². The van der Waals surface area contributed by atoms with Crippen LogP contribution < -0.4 is 0 Å². The van der Waals surface area contributed by atoms with Crippen LogP contribution in [-0.4, -0.2) is 54.1 Å². The second-order valence-corrected chi connectivity index (χ2v) is 4.79. The fourth-order valence-electron chi connectivity index (χ4n) is 1.71. The first-order valence-corrected chi connectivity index (χ1v) is 7.03. The quantitative estimate of drug-likeness (QED) is 0.550. The van der Waals surface area contributed by atoms with Crippen molar-refractivity contribution in [2.75, 3.05) is 26.3 Å². The zero-order chi connectivity index (χ0) is 14.7. The summed E-state index contributed by atoms with van der Waals surface area (Å²) in [5.74, 6) is -0.766. The highest BCUT2D eigenvalue weighted by molar-refractivity contribution is 5.81. The van der Waals surface area contributed by atoms with E-state index in [1.807, 2.05) is 11.8 Å². The van der Waals surface area contributed by atoms with Gasteiger partial charge < -0.3 is 9.84 Å². The van der Waals surface area contributed by atoms with E-state index in [1.165, 1.54) is 6.92 Å². The van der Waals surface area contributed by atoms with Gasteiger partial charge in [0.25, 0.3) is 0 Å². The van der Waals surface area contributed by atoms with Crippen LogP contribution in [0.3, 0.4) is 0 Å². The lowest BCUT2D eigenvalue weighted by molar-refractivity contribution is -0.138. The lowest BCUT2D eigenvalue weighted by Crippen LogP contribution is -2.40. The summed E-state index contributed by atoms with van der Waals surface area (Å²) in [6.45, 7) is 8.01. The Morgan fingerprint density at radius 3 is 2.37 bits per heavy atom. The van der Waals surface area contributed by atoms with E-state index >= 15 is 0 Å². The van der Waals surface area contributed by atoms with Crippen LogP contribution >= 0.6 is 0 Å². The number of carboxylic acid groups (broad SMARTS) is 1. The minimum atomic E-state index is -0.833. The molecular weight excluding hydrogens is 246 g/mol. The van der Waals surface area contributed by atoms with E-state index in [0.717, 1.165) is 25.9 Å². The van der Waals surface area contributed by atoms with Crippen molar-refractivity contribution < 1.29 is 19.4 Å². The molecule has 0 saturated heterocycles. The van der Waals surface area contributed by atoms with Crippen molar-refractivity contribution in [3.8, 4) is 0 Å². The second kappa shape index (κ2) is 10.9. The van der Waals surface area contributed by atoms with Crippen molar-refractivity contribution in [3.05, 3.63) is 0 Å². The molecule has 0 aliphatic carbocycles. The van der Waals surface area contributed by atoms with Gasteiger partial charge in [-0.25, -0.2) is 0 Å². The fourth-order valence-corrected chi connectivity index (χ4v) is 1.71. The number of carbonyl (C=O) groups excluding carboxylic acids is 1. The van der Waals surface area contributed by atoms with Crippen LogP contribution in [-0.2, 0) is 14.3 Å². The smallest absolute Gasteiger partial charge is 0.304 e. The molecule has 5 heteroatoms. The molecule has 0 aliphatic heterocycles. The van der Waals surface area contributed by atoms with Gasteiger partial charge in [0, 0.05) is 26.3 Å². The molecule has 5 nitrogen and oxygen atoms in total. The molecule has 0 fully saturated rings. The number of nitrogens with zero attached hydrogens (tertiary/aromatic N) is 1. The Balaban J connectivity index is 3.97. The topological polar surface area (TPSA) is 66.8 Å². The van der Waals surface area contributed by atoms with Gasteiger partial charge >= 0.3 is 5.97 Å². The monoisotopic (exact) mass is 273 g/mol. The molecule has 0 aromatic carbocycles. The van der Waals surface area contributed by atoms with Crippen LogP contribution in [0.1, 0.15) is 46.5 Å². The number of carboxylic acids is 1. The molecule has 0 aromatic heterocycles. The number of ether oxygens (including phenoxy) is 1. The van der Waals surface area contributed by atoms with Crippen LogP contribution in [0.5, 0.6) is 0 Å². The summed E-state index contributed by atoms with van der Waals surface area (Å²) >= 11 is 0. The van der Waals surface area contributed by atoms with Crippen molar-refractivity contribution in [3.63, 3.8) is 0 Å². The summed E-state index contributed by atoms with van der Waals surface area (Å²) in [5, 5.41) is 8.72. The molecule has 0 radical (unpaired) electrons. The summed E-state index contributed by atoms with van der Waals surface area (Å²) in [7, 11) is 0. The Morgan fingerprint density at radius 1 is 1.21 bits per heavy atom. The average molecular weight is 273 g/mol. The van der Waals surface area contributed by atoms with Gasteiger partial charge in [-0.05, 0) is 26.7 Å². The molecule has 0 spiro atoms. The molecule has 0 bridgehead atoms. The van der Waals surface area contributed by atoms with Gasteiger partial charge in [-0.1, -0.05) is 13.3 Å². The molecular formula is C14H27NO4. The Morgan fingerprint density at radius 2 is 1.84 bits per heavy atom. The Bertz CT molecular complexity index is 268. The lowest BCUT2D eigenvalue weighted by Gasteiger charge is -2.26. The van der Waals surface area contributed by atoms with Crippen molar-refractivity contribution >= 4 is 11.8 Å². The number of unbranched alkanes of at least 4 members (excludes halogenated alkanes) is 1. The van der Waals surface area contributed by atoms with Crippen LogP contribution in [0, 0.1) is 0 Å². The minimum absolute atomic E-state index is 0.0638. The van der Waals surface area contributed by atoms with Crippen molar-refractivity contribution in [1.29, 1.82) is 0 Å². The van der Waals surface area contributed by atoms with E-state index in [1.54, 1.807) is 0 Å². The molecule has 1 atom stereocenters. The molecule has 19 heavy (non-hydrogen) atoms. The molecule has 0 heterocycles. The van der Waals surface area contributed by atoms with E-state index < -0.39 is 5.97 Å². The number of carbonyl (C=O) groups is 2. The van der Waals surface area contributed by atoms with Crippen molar-refractivity contribution in [2.24, 2.45) is 0 Å². The maximum atomic E-state index is 11.4. The molecule has 0 rings (SSSR count). The SMILES string of the molecule is CCCCOCCCN(CCC(=O)O)C(C)C(C)=O. The molecule has 0 saturated carbocycles. The van der Waals surface area contributed by atoms with E-state index in [2.05, 4.69) is 6.92 Å². The fraction of sp³-hybridized carbons (Fsp3) is 0.857. The van der Waals surface area contributed by atoms with Crippen LogP contribution in [0.4, 0.5) is 0 Å². The number of ketones is 1. The maximum absolute atomic E-state index is 11.4. The number of Topliss-reactive ketones (excluding diaryl/α,β-unsaturated/α-hetero) is 1. The first kappa shape index (κ1) is 18.1. The molecule has 0 aliphatic rings. The number of hydrogen-bond acceptors (Lipinski definition) is 4. The molecule has 0 aromatic rings. The number of aliphatic carboxylic acids is 1. The first-order chi connectivity index (χ1) is 8.99. The lowest BCUT2D eigenvalue weighted by atomic mass is 10.2. The van der Waals surface area contributed by atoms with E-state index in [-0.39, 0.29) is 18.2 Å². The molecule has 1 unspecified atom stereocenters. The Kier molecular flexibility index (Phi) is 10.4. The summed E-state index contributed by atoms with van der Waals surface area (Å²) in [5.41, 5.74) is 0. The van der Waals surface area contributed by atoms with Gasteiger partial charge in [-0.3, -0.25) is 14.5 Å². The number of rotatable bonds is 12. The zero-order valence-electron chi connectivity index (χ0n) is 12.4. The third-order valence-corrected chi connectivity index (χ3v) is 3.13. The Labute approximate surface area is 115 Å². The van der Waals surface area contributed by atoms with Crippen LogP contribution in [0.2, 0.25) is 0 Å². The highest BCUT2D eigenvalue weighted by atomic mass is 16.5. The summed E-state index contributed by atoms with van der Waals surface area (Å²) in [6.07, 6.45) is 3.06. The molecule has 0 amide bonds. The van der Waals surface area contributed by atoms with Gasteiger partial charge in [-0.2, -0.15) is 0 Å². The predicted octanol–water partition coefficient (Wildman–Crippen LogP) is 1.95. The maximum Gasteiger partial charge on any atom is 0.304 e. The third kappa shape index (κ3) is 9.62. The van der Waals surface area contributed by atoms with Crippen LogP contribution in [0.25, 0.3) is 0 Å². The Hall–Kier alpha value is -0.940. The summed E-state index contributed by atoms with van der Waals surface area (Å²) in [6, 6.07) is -0.227. The largest absolute Gasteiger partial charge is 0.481 e. The van der Waals surface area contributed by atoms with Gasteiger partial charge in [0.1, 0.15) is 5.78 Å². The second-order valence-electron chi connectivity index (χ2n) is 4.79. The zero-order valence-corrected chi connectivity index (χ0v) is 12.4. The van der Waals surface area contributed by atoms with Crippen molar-refractivity contribution in [1.82, 2.24) is 4.90 Å². The van der Waals surface area contributed by atoms with Crippen molar-refractivity contribution in [2.45, 2.75) is 52.5 Å². The van der Waals surface area contributed by atoms with E-state index in [4.69, 9.17) is 9.84 Å². The van der Waals surface area contributed by atoms with E-state index in [0.29, 0.717) is 19.7 Å². The normalized spacial score (nSPS) is 12.6. The standard InChI is InChI=1S/C14H27NO4/c1-4-5-10-19-11-6-8-15(9-7-14(17)18)12(2)13(3)16/h12H,4-11H2,1-3H3,(H,17,18). The average Bonchev–Trinajstić information content (AvgIpc) is 2.35. The van der Waals surface area contributed by atoms with Gasteiger partial charge in [0.15, 0.2) is 0 Å². The van der Waals surface area contributed by atoms with E-state index in [9.17, 15) is 9.59 Å². The van der Waals surface area contributed by atoms with Gasteiger partial charge in [0.2, 0.25) is 0 Å². The summed E-state index contributed by atoms with van der Waals surface area (Å²) < 4.78 is 5.46. The highest BCUT2D eigenvalue weighted by Crippen LogP contribution is 2.04.